The number of fused-ring (bicyclic) bond motifs is 1. The van der Waals surface area contributed by atoms with E-state index in [0.717, 1.165) is 5.56 Å². The third kappa shape index (κ3) is 4.51. The molecule has 1 aromatic carbocycles. The predicted molar refractivity (Wildman–Crippen MR) is 101 cm³/mol. The van der Waals surface area contributed by atoms with Crippen LogP contribution in [0, 0.1) is 0 Å². The highest BCUT2D eigenvalue weighted by molar-refractivity contribution is 5.92. The lowest BCUT2D eigenvalue weighted by Crippen LogP contribution is -2.38. The van der Waals surface area contributed by atoms with Gasteiger partial charge in [0.15, 0.2) is 5.65 Å². The number of carbonyl (C=O) groups excluding carboxylic acids is 2. The third-order valence-electron chi connectivity index (χ3n) is 3.79. The standard InChI is InChI=1S/C18H20N6O3/c1-2-19-16(25)11-20-17(26)21-14-7-5-6-13(10-14)12-24-18(27)23-9-4-3-8-15(23)22-24/h3-10H,2,11-12H2,1H3,(H,19,25)(H2,20,21,26). The predicted octanol–water partition coefficient (Wildman–Crippen LogP) is 0.802. The van der Waals surface area contributed by atoms with Crippen LogP contribution in [0.4, 0.5) is 10.5 Å². The Morgan fingerprint density at radius 1 is 1.11 bits per heavy atom. The lowest BCUT2D eigenvalue weighted by molar-refractivity contribution is -0.119. The number of nitrogens with one attached hydrogen (secondary N) is 3. The maximum atomic E-state index is 12.3. The summed E-state index contributed by atoms with van der Waals surface area (Å²) in [7, 11) is 0. The van der Waals surface area contributed by atoms with Gasteiger partial charge in [-0.15, -0.1) is 5.10 Å². The van der Waals surface area contributed by atoms with E-state index in [1.165, 1.54) is 9.08 Å². The molecule has 0 aliphatic carbocycles. The summed E-state index contributed by atoms with van der Waals surface area (Å²) >= 11 is 0. The summed E-state index contributed by atoms with van der Waals surface area (Å²) < 4.78 is 2.83. The van der Waals surface area contributed by atoms with E-state index in [-0.39, 0.29) is 24.7 Å². The SMILES string of the molecule is CCNC(=O)CNC(=O)Nc1cccc(Cn2nc3ccccn3c2=O)c1. The van der Waals surface area contributed by atoms with Crippen molar-refractivity contribution in [1.29, 1.82) is 0 Å². The smallest absolute Gasteiger partial charge is 0.350 e. The van der Waals surface area contributed by atoms with Gasteiger partial charge in [-0.1, -0.05) is 18.2 Å². The topological polar surface area (TPSA) is 110 Å². The van der Waals surface area contributed by atoms with Gasteiger partial charge in [-0.2, -0.15) is 0 Å². The van der Waals surface area contributed by atoms with Crippen LogP contribution in [0.5, 0.6) is 0 Å². The molecular formula is C18H20N6O3. The van der Waals surface area contributed by atoms with Crippen LogP contribution in [0.2, 0.25) is 0 Å². The number of nitrogens with zero attached hydrogens (tertiary/aromatic N) is 3. The van der Waals surface area contributed by atoms with Crippen molar-refractivity contribution in [2.75, 3.05) is 18.4 Å². The Kier molecular flexibility index (Phi) is 5.50. The van der Waals surface area contributed by atoms with Crippen molar-refractivity contribution in [3.63, 3.8) is 0 Å². The number of carbonyl (C=O) groups is 2. The minimum absolute atomic E-state index is 0.101. The summed E-state index contributed by atoms with van der Waals surface area (Å²) in [4.78, 5) is 35.6. The molecular weight excluding hydrogens is 348 g/mol. The molecule has 3 aromatic rings. The summed E-state index contributed by atoms with van der Waals surface area (Å²) in [6, 6.07) is 12.0. The number of amides is 3. The highest BCUT2D eigenvalue weighted by atomic mass is 16.2. The first kappa shape index (κ1) is 18.2. The number of benzene rings is 1. The Bertz CT molecular complexity index is 1020. The fourth-order valence-electron chi connectivity index (χ4n) is 2.59. The van der Waals surface area contributed by atoms with Gasteiger partial charge in [0, 0.05) is 18.4 Å². The molecule has 0 atom stereocenters. The maximum absolute atomic E-state index is 12.3. The number of hydrogen-bond acceptors (Lipinski definition) is 4. The first-order valence-corrected chi connectivity index (χ1v) is 8.51. The van der Waals surface area contributed by atoms with E-state index in [1.807, 2.05) is 12.1 Å². The Labute approximate surface area is 155 Å². The van der Waals surface area contributed by atoms with Crippen molar-refractivity contribution in [1.82, 2.24) is 24.8 Å². The average Bonchev–Trinajstić information content (AvgIpc) is 2.97. The van der Waals surface area contributed by atoms with Crippen LogP contribution in [-0.2, 0) is 11.3 Å². The summed E-state index contributed by atoms with van der Waals surface area (Å²) in [6.45, 7) is 2.48. The van der Waals surface area contributed by atoms with Gasteiger partial charge in [-0.05, 0) is 36.8 Å². The van der Waals surface area contributed by atoms with Gasteiger partial charge < -0.3 is 16.0 Å². The second-order valence-corrected chi connectivity index (χ2v) is 5.83. The summed E-state index contributed by atoms with van der Waals surface area (Å²) in [5.74, 6) is -0.257. The highest BCUT2D eigenvalue weighted by Gasteiger charge is 2.08. The van der Waals surface area contributed by atoms with Crippen LogP contribution in [0.3, 0.4) is 0 Å². The largest absolute Gasteiger partial charge is 0.355 e. The van der Waals surface area contributed by atoms with Crippen LogP contribution in [0.15, 0.2) is 53.5 Å². The van der Waals surface area contributed by atoms with Gasteiger partial charge in [0.05, 0.1) is 13.1 Å². The van der Waals surface area contributed by atoms with E-state index >= 15 is 0 Å². The normalized spacial score (nSPS) is 10.6. The Morgan fingerprint density at radius 2 is 1.96 bits per heavy atom. The summed E-state index contributed by atoms with van der Waals surface area (Å²) in [6.07, 6.45) is 1.66. The second kappa shape index (κ2) is 8.17. The number of aromatic nitrogens is 3. The molecule has 0 bridgehead atoms. The number of hydrogen-bond donors (Lipinski definition) is 3. The van der Waals surface area contributed by atoms with Crippen molar-refractivity contribution >= 4 is 23.3 Å². The molecule has 3 N–H and O–H groups in total. The van der Waals surface area contributed by atoms with Crippen LogP contribution in [0.1, 0.15) is 12.5 Å². The van der Waals surface area contributed by atoms with Gasteiger partial charge in [0.1, 0.15) is 0 Å². The third-order valence-corrected chi connectivity index (χ3v) is 3.79. The number of rotatable bonds is 6. The van der Waals surface area contributed by atoms with Gasteiger partial charge in [-0.3, -0.25) is 9.20 Å². The van der Waals surface area contributed by atoms with Crippen LogP contribution < -0.4 is 21.6 Å². The zero-order valence-electron chi connectivity index (χ0n) is 14.8. The van der Waals surface area contributed by atoms with E-state index in [1.54, 1.807) is 43.5 Å². The van der Waals surface area contributed by atoms with E-state index in [0.29, 0.717) is 17.9 Å². The molecule has 3 rings (SSSR count). The lowest BCUT2D eigenvalue weighted by atomic mass is 10.2. The van der Waals surface area contributed by atoms with Crippen molar-refractivity contribution in [2.45, 2.75) is 13.5 Å². The Hall–Kier alpha value is -3.62. The van der Waals surface area contributed by atoms with Crippen LogP contribution in [-0.4, -0.2) is 39.2 Å². The van der Waals surface area contributed by atoms with E-state index in [4.69, 9.17) is 0 Å². The molecule has 3 amide bonds. The van der Waals surface area contributed by atoms with Gasteiger partial charge in [-0.25, -0.2) is 14.3 Å². The van der Waals surface area contributed by atoms with Crippen molar-refractivity contribution in [2.24, 2.45) is 0 Å². The molecule has 9 heteroatoms. The minimum atomic E-state index is -0.483. The second-order valence-electron chi connectivity index (χ2n) is 5.83. The van der Waals surface area contributed by atoms with E-state index in [9.17, 15) is 14.4 Å². The molecule has 2 aromatic heterocycles. The number of pyridine rings is 1. The molecule has 0 aliphatic rings. The van der Waals surface area contributed by atoms with Gasteiger partial charge in [0.2, 0.25) is 5.91 Å². The fraction of sp³-hybridized carbons (Fsp3) is 0.222. The summed E-state index contributed by atoms with van der Waals surface area (Å²) in [5.41, 5.74) is 1.70. The molecule has 0 fully saturated rings. The molecule has 9 nitrogen and oxygen atoms in total. The quantitative estimate of drug-likeness (QED) is 0.598. The van der Waals surface area contributed by atoms with Crippen molar-refractivity contribution in [3.8, 4) is 0 Å². The van der Waals surface area contributed by atoms with Gasteiger partial charge in [0.25, 0.3) is 0 Å². The Balaban J connectivity index is 1.66. The first-order chi connectivity index (χ1) is 13.1. The van der Waals surface area contributed by atoms with Crippen LogP contribution >= 0.6 is 0 Å². The molecule has 0 aliphatic heterocycles. The fourth-order valence-corrected chi connectivity index (χ4v) is 2.59. The molecule has 0 saturated carbocycles. The zero-order chi connectivity index (χ0) is 19.2. The molecule has 0 spiro atoms. The number of anilines is 1. The van der Waals surface area contributed by atoms with E-state index < -0.39 is 6.03 Å². The Morgan fingerprint density at radius 3 is 2.74 bits per heavy atom. The zero-order valence-corrected chi connectivity index (χ0v) is 14.8. The molecule has 0 radical (unpaired) electrons. The molecule has 140 valence electrons. The molecule has 0 saturated heterocycles. The maximum Gasteiger partial charge on any atom is 0.350 e. The van der Waals surface area contributed by atoms with Gasteiger partial charge >= 0.3 is 11.7 Å². The van der Waals surface area contributed by atoms with Crippen molar-refractivity contribution in [3.05, 3.63) is 64.7 Å². The summed E-state index contributed by atoms with van der Waals surface area (Å²) in [5, 5.41) is 12.0. The number of urea groups is 1. The average molecular weight is 368 g/mol. The minimum Gasteiger partial charge on any atom is -0.355 e. The lowest BCUT2D eigenvalue weighted by Gasteiger charge is -2.09. The first-order valence-electron chi connectivity index (χ1n) is 8.51. The molecule has 0 unspecified atom stereocenters. The number of likely N-dealkylation sites (N-methyl/N-ethyl adjacent to an activating group) is 1. The monoisotopic (exact) mass is 368 g/mol. The molecule has 27 heavy (non-hydrogen) atoms. The van der Waals surface area contributed by atoms with Crippen molar-refractivity contribution < 1.29 is 9.59 Å². The van der Waals surface area contributed by atoms with Crippen LogP contribution in [0.25, 0.3) is 5.65 Å². The van der Waals surface area contributed by atoms with E-state index in [2.05, 4.69) is 21.0 Å². The highest BCUT2D eigenvalue weighted by Crippen LogP contribution is 2.11. The molecule has 2 heterocycles.